The van der Waals surface area contributed by atoms with Crippen LogP contribution in [-0.4, -0.2) is 14.1 Å². The first kappa shape index (κ1) is 11.3. The van der Waals surface area contributed by atoms with Gasteiger partial charge >= 0.3 is 5.76 Å². The van der Waals surface area contributed by atoms with E-state index in [-0.39, 0.29) is 5.76 Å². The number of halogens is 1. The van der Waals surface area contributed by atoms with Crippen LogP contribution in [0.2, 0.25) is 0 Å². The topological polar surface area (TPSA) is 53.0 Å². The standard InChI is InChI=1S/C12H10BrN3O2/c1-15-6-14-11(13)10(15)7-3-4-9-8(5-7)16(2)12(17)18-9/h3-6H,1-2H3. The molecule has 0 unspecified atom stereocenters. The van der Waals surface area contributed by atoms with Crippen LogP contribution >= 0.6 is 15.9 Å². The van der Waals surface area contributed by atoms with Gasteiger partial charge in [0.1, 0.15) is 4.60 Å². The molecule has 2 heterocycles. The lowest BCUT2D eigenvalue weighted by atomic mass is 10.1. The van der Waals surface area contributed by atoms with Crippen LogP contribution in [0.3, 0.4) is 0 Å². The number of oxazole rings is 1. The minimum Gasteiger partial charge on any atom is -0.408 e. The van der Waals surface area contributed by atoms with E-state index in [2.05, 4.69) is 20.9 Å². The number of hydrogen-bond donors (Lipinski definition) is 0. The molecule has 3 aromatic rings. The molecule has 0 fully saturated rings. The molecule has 0 bridgehead atoms. The van der Waals surface area contributed by atoms with Crippen LogP contribution in [-0.2, 0) is 14.1 Å². The van der Waals surface area contributed by atoms with Crippen molar-refractivity contribution >= 4 is 27.0 Å². The number of aryl methyl sites for hydroxylation is 2. The van der Waals surface area contributed by atoms with E-state index in [0.717, 1.165) is 21.4 Å². The van der Waals surface area contributed by atoms with Gasteiger partial charge in [-0.3, -0.25) is 4.57 Å². The highest BCUT2D eigenvalue weighted by atomic mass is 79.9. The van der Waals surface area contributed by atoms with E-state index >= 15 is 0 Å². The number of aromatic nitrogens is 3. The van der Waals surface area contributed by atoms with Crippen LogP contribution < -0.4 is 5.76 Å². The lowest BCUT2D eigenvalue weighted by Gasteiger charge is -2.03. The Labute approximate surface area is 111 Å². The molecule has 1 aromatic carbocycles. The van der Waals surface area contributed by atoms with Gasteiger partial charge in [-0.05, 0) is 34.1 Å². The molecule has 0 amide bonds. The Morgan fingerprint density at radius 2 is 2.11 bits per heavy atom. The predicted octanol–water partition coefficient (Wildman–Crippen LogP) is 2.29. The molecule has 0 spiro atoms. The second kappa shape index (κ2) is 3.84. The van der Waals surface area contributed by atoms with Crippen LogP contribution in [0.1, 0.15) is 0 Å². The van der Waals surface area contributed by atoms with Gasteiger partial charge < -0.3 is 8.98 Å². The second-order valence-corrected chi connectivity index (χ2v) is 4.86. The van der Waals surface area contributed by atoms with E-state index in [1.54, 1.807) is 19.4 Å². The average Bonchev–Trinajstić information content (AvgIpc) is 2.82. The second-order valence-electron chi connectivity index (χ2n) is 4.10. The van der Waals surface area contributed by atoms with Crippen molar-refractivity contribution in [3.63, 3.8) is 0 Å². The van der Waals surface area contributed by atoms with E-state index in [1.165, 1.54) is 4.57 Å². The van der Waals surface area contributed by atoms with E-state index in [9.17, 15) is 4.79 Å². The third-order valence-corrected chi connectivity index (χ3v) is 3.54. The molecule has 92 valence electrons. The molecular formula is C12H10BrN3O2. The van der Waals surface area contributed by atoms with Gasteiger partial charge in [0.05, 0.1) is 17.5 Å². The Balaban J connectivity index is 2.31. The van der Waals surface area contributed by atoms with Crippen LogP contribution in [0.4, 0.5) is 0 Å². The van der Waals surface area contributed by atoms with Crippen LogP contribution in [0.25, 0.3) is 22.4 Å². The summed E-state index contributed by atoms with van der Waals surface area (Å²) in [6.07, 6.45) is 1.73. The highest BCUT2D eigenvalue weighted by Crippen LogP contribution is 2.28. The lowest BCUT2D eigenvalue weighted by molar-refractivity contribution is 0.528. The van der Waals surface area contributed by atoms with Gasteiger partial charge in [-0.25, -0.2) is 9.78 Å². The summed E-state index contributed by atoms with van der Waals surface area (Å²) in [4.78, 5) is 15.6. The van der Waals surface area contributed by atoms with E-state index < -0.39 is 0 Å². The zero-order valence-corrected chi connectivity index (χ0v) is 11.4. The number of nitrogens with zero attached hydrogens (tertiary/aromatic N) is 3. The number of rotatable bonds is 1. The molecule has 5 nitrogen and oxygen atoms in total. The van der Waals surface area contributed by atoms with E-state index in [0.29, 0.717) is 5.58 Å². The smallest absolute Gasteiger partial charge is 0.408 e. The zero-order chi connectivity index (χ0) is 12.9. The molecule has 0 aliphatic rings. The summed E-state index contributed by atoms with van der Waals surface area (Å²) in [6.45, 7) is 0. The summed E-state index contributed by atoms with van der Waals surface area (Å²) in [5.74, 6) is -0.355. The Kier molecular flexibility index (Phi) is 2.41. The fourth-order valence-electron chi connectivity index (χ4n) is 2.00. The summed E-state index contributed by atoms with van der Waals surface area (Å²) in [5, 5.41) is 0. The van der Waals surface area contributed by atoms with Gasteiger partial charge in [0.15, 0.2) is 5.58 Å². The summed E-state index contributed by atoms with van der Waals surface area (Å²) in [6, 6.07) is 5.63. The first-order chi connectivity index (χ1) is 8.58. The fraction of sp³-hybridized carbons (Fsp3) is 0.167. The molecule has 0 aliphatic heterocycles. The van der Waals surface area contributed by atoms with Crippen molar-refractivity contribution in [2.45, 2.75) is 0 Å². The fourth-order valence-corrected chi connectivity index (χ4v) is 2.60. The van der Waals surface area contributed by atoms with Gasteiger partial charge in [0, 0.05) is 19.7 Å². The van der Waals surface area contributed by atoms with Crippen LogP contribution in [0, 0.1) is 0 Å². The maximum atomic E-state index is 11.4. The Bertz CT molecular complexity index is 778. The summed E-state index contributed by atoms with van der Waals surface area (Å²) < 4.78 is 9.29. The molecule has 0 saturated heterocycles. The van der Waals surface area contributed by atoms with Gasteiger partial charge in [-0.15, -0.1) is 0 Å². The quantitative estimate of drug-likeness (QED) is 0.693. The molecule has 2 aromatic heterocycles. The van der Waals surface area contributed by atoms with Crippen molar-refractivity contribution in [2.75, 3.05) is 0 Å². The minimum absolute atomic E-state index is 0.355. The average molecular weight is 308 g/mol. The van der Waals surface area contributed by atoms with Crippen molar-refractivity contribution in [2.24, 2.45) is 14.1 Å². The molecule has 18 heavy (non-hydrogen) atoms. The lowest BCUT2D eigenvalue weighted by Crippen LogP contribution is -2.08. The summed E-state index contributed by atoms with van der Waals surface area (Å²) in [7, 11) is 3.61. The number of fused-ring (bicyclic) bond motifs is 1. The molecule has 0 aliphatic carbocycles. The van der Waals surface area contributed by atoms with E-state index in [4.69, 9.17) is 4.42 Å². The Hall–Kier alpha value is -1.82. The SMILES string of the molecule is Cn1cnc(Br)c1-c1ccc2oc(=O)n(C)c2c1. The highest BCUT2D eigenvalue weighted by Gasteiger charge is 2.12. The van der Waals surface area contributed by atoms with Gasteiger partial charge in [-0.1, -0.05) is 0 Å². The maximum absolute atomic E-state index is 11.4. The van der Waals surface area contributed by atoms with Crippen LogP contribution in [0.15, 0.2) is 38.3 Å². The summed E-state index contributed by atoms with van der Waals surface area (Å²) in [5.41, 5.74) is 3.30. The molecule has 6 heteroatoms. The minimum atomic E-state index is -0.355. The normalized spacial score (nSPS) is 11.3. The number of benzene rings is 1. The highest BCUT2D eigenvalue weighted by molar-refractivity contribution is 9.10. The molecule has 0 N–H and O–H groups in total. The van der Waals surface area contributed by atoms with E-state index in [1.807, 2.05) is 23.7 Å². The third kappa shape index (κ3) is 1.53. The van der Waals surface area contributed by atoms with Crippen molar-refractivity contribution < 1.29 is 4.42 Å². The molecule has 3 rings (SSSR count). The largest absolute Gasteiger partial charge is 0.419 e. The molecule has 0 radical (unpaired) electrons. The van der Waals surface area contributed by atoms with Crippen molar-refractivity contribution in [3.8, 4) is 11.3 Å². The zero-order valence-electron chi connectivity index (χ0n) is 9.85. The monoisotopic (exact) mass is 307 g/mol. The van der Waals surface area contributed by atoms with Crippen molar-refractivity contribution in [3.05, 3.63) is 39.7 Å². The first-order valence-corrected chi connectivity index (χ1v) is 6.14. The Morgan fingerprint density at radius 3 is 2.78 bits per heavy atom. The van der Waals surface area contributed by atoms with Gasteiger partial charge in [0.25, 0.3) is 0 Å². The van der Waals surface area contributed by atoms with Crippen molar-refractivity contribution in [1.29, 1.82) is 0 Å². The van der Waals surface area contributed by atoms with Crippen molar-refractivity contribution in [1.82, 2.24) is 14.1 Å². The summed E-state index contributed by atoms with van der Waals surface area (Å²) >= 11 is 3.42. The number of imidazole rings is 1. The molecule has 0 atom stereocenters. The maximum Gasteiger partial charge on any atom is 0.419 e. The predicted molar refractivity (Wildman–Crippen MR) is 71.4 cm³/mol. The molecule has 0 saturated carbocycles. The Morgan fingerprint density at radius 1 is 1.33 bits per heavy atom. The van der Waals surface area contributed by atoms with Gasteiger partial charge in [0.2, 0.25) is 0 Å². The third-order valence-electron chi connectivity index (χ3n) is 2.96. The van der Waals surface area contributed by atoms with Gasteiger partial charge in [-0.2, -0.15) is 0 Å². The first-order valence-electron chi connectivity index (χ1n) is 5.34. The molecular weight excluding hydrogens is 298 g/mol. The number of hydrogen-bond acceptors (Lipinski definition) is 3. The van der Waals surface area contributed by atoms with Crippen LogP contribution in [0.5, 0.6) is 0 Å².